The quantitative estimate of drug-likeness (QED) is 0.789. The fourth-order valence-electron chi connectivity index (χ4n) is 3.73. The minimum atomic E-state index is 0.314. The number of rotatable bonds is 6. The first-order chi connectivity index (χ1) is 12.3. The van der Waals surface area contributed by atoms with Crippen LogP contribution in [-0.2, 0) is 11.2 Å². The molecule has 0 unspecified atom stereocenters. The normalized spacial score (nSPS) is 19.2. The van der Waals surface area contributed by atoms with E-state index in [1.165, 1.54) is 32.4 Å². The van der Waals surface area contributed by atoms with E-state index in [1.807, 2.05) is 4.90 Å². The highest BCUT2D eigenvalue weighted by atomic mass is 16.2. The third kappa shape index (κ3) is 5.14. The van der Waals surface area contributed by atoms with Crippen LogP contribution >= 0.6 is 0 Å². The minimum absolute atomic E-state index is 0.314. The molecule has 0 saturated carbocycles. The zero-order valence-electron chi connectivity index (χ0n) is 15.5. The van der Waals surface area contributed by atoms with Gasteiger partial charge in [0.1, 0.15) is 12.1 Å². The third-order valence-corrected chi connectivity index (χ3v) is 5.34. The zero-order chi connectivity index (χ0) is 17.5. The molecule has 0 atom stereocenters. The lowest BCUT2D eigenvalue weighted by atomic mass is 10.1. The molecule has 6 nitrogen and oxygen atoms in total. The second-order valence-electron chi connectivity index (χ2n) is 7.09. The molecule has 1 aromatic heterocycles. The molecule has 2 fully saturated rings. The van der Waals surface area contributed by atoms with Gasteiger partial charge in [0.15, 0.2) is 0 Å². The molecule has 0 aliphatic carbocycles. The first-order valence-electron chi connectivity index (χ1n) is 9.82. The average Bonchev–Trinajstić information content (AvgIpc) is 2.69. The molecular weight excluding hydrogens is 314 g/mol. The van der Waals surface area contributed by atoms with Crippen molar-refractivity contribution in [2.75, 3.05) is 50.7 Å². The average molecular weight is 345 g/mol. The van der Waals surface area contributed by atoms with Gasteiger partial charge in [0.2, 0.25) is 5.91 Å². The Kier molecular flexibility index (Phi) is 6.62. The first kappa shape index (κ1) is 18.1. The standard InChI is InChI=1S/C19H31N5O/c1-2-17-15-18(21-16-20-17)23-11-13-24(14-12-23)19(25)7-6-10-22-8-4-3-5-9-22/h15-16H,2-14H2,1H3. The van der Waals surface area contributed by atoms with E-state index in [0.717, 1.165) is 57.1 Å². The number of anilines is 1. The van der Waals surface area contributed by atoms with Crippen LogP contribution in [0.2, 0.25) is 0 Å². The molecule has 138 valence electrons. The van der Waals surface area contributed by atoms with E-state index in [1.54, 1.807) is 6.33 Å². The third-order valence-electron chi connectivity index (χ3n) is 5.34. The highest BCUT2D eigenvalue weighted by Gasteiger charge is 2.22. The van der Waals surface area contributed by atoms with Crippen molar-refractivity contribution in [1.82, 2.24) is 19.8 Å². The highest BCUT2D eigenvalue weighted by Crippen LogP contribution is 2.15. The molecule has 3 heterocycles. The van der Waals surface area contributed by atoms with E-state index in [2.05, 4.69) is 32.8 Å². The van der Waals surface area contributed by atoms with Crippen LogP contribution in [0.4, 0.5) is 5.82 Å². The molecule has 0 bridgehead atoms. The van der Waals surface area contributed by atoms with Gasteiger partial charge in [0.05, 0.1) is 0 Å². The summed E-state index contributed by atoms with van der Waals surface area (Å²) < 4.78 is 0. The Morgan fingerprint density at radius 2 is 1.80 bits per heavy atom. The Balaban J connectivity index is 1.39. The van der Waals surface area contributed by atoms with Gasteiger partial charge in [-0.1, -0.05) is 13.3 Å². The Hall–Kier alpha value is -1.69. The van der Waals surface area contributed by atoms with Gasteiger partial charge in [-0.2, -0.15) is 0 Å². The number of carbonyl (C=O) groups is 1. The summed E-state index contributed by atoms with van der Waals surface area (Å²) in [5, 5.41) is 0. The number of aromatic nitrogens is 2. The monoisotopic (exact) mass is 345 g/mol. The van der Waals surface area contributed by atoms with Crippen LogP contribution in [0.1, 0.15) is 44.7 Å². The fourth-order valence-corrected chi connectivity index (χ4v) is 3.73. The van der Waals surface area contributed by atoms with Crippen LogP contribution in [0.15, 0.2) is 12.4 Å². The molecular formula is C19H31N5O. The Morgan fingerprint density at radius 3 is 2.52 bits per heavy atom. The van der Waals surface area contributed by atoms with Crippen molar-refractivity contribution in [1.29, 1.82) is 0 Å². The molecule has 6 heteroatoms. The van der Waals surface area contributed by atoms with Crippen LogP contribution in [-0.4, -0.2) is 71.5 Å². The summed E-state index contributed by atoms with van der Waals surface area (Å²) in [6.45, 7) is 8.92. The lowest BCUT2D eigenvalue weighted by molar-refractivity contribution is -0.131. The van der Waals surface area contributed by atoms with Crippen molar-refractivity contribution in [2.24, 2.45) is 0 Å². The van der Waals surface area contributed by atoms with E-state index in [-0.39, 0.29) is 0 Å². The fraction of sp³-hybridized carbons (Fsp3) is 0.737. The molecule has 3 rings (SSSR count). The maximum atomic E-state index is 12.4. The van der Waals surface area contributed by atoms with Gasteiger partial charge in [-0.3, -0.25) is 4.79 Å². The van der Waals surface area contributed by atoms with Crippen LogP contribution in [0.5, 0.6) is 0 Å². The van der Waals surface area contributed by atoms with Crippen LogP contribution in [0.25, 0.3) is 0 Å². The number of hydrogen-bond acceptors (Lipinski definition) is 5. The number of hydrogen-bond donors (Lipinski definition) is 0. The molecule has 1 amide bonds. The van der Waals surface area contributed by atoms with Crippen molar-refractivity contribution in [2.45, 2.75) is 45.4 Å². The molecule has 0 spiro atoms. The van der Waals surface area contributed by atoms with Crippen LogP contribution in [0.3, 0.4) is 0 Å². The summed E-state index contributed by atoms with van der Waals surface area (Å²) in [6.07, 6.45) is 8.25. The molecule has 0 radical (unpaired) electrons. The second kappa shape index (κ2) is 9.13. The Morgan fingerprint density at radius 1 is 1.04 bits per heavy atom. The van der Waals surface area contributed by atoms with Gasteiger partial charge in [-0.15, -0.1) is 0 Å². The molecule has 2 saturated heterocycles. The molecule has 2 aliphatic heterocycles. The molecule has 25 heavy (non-hydrogen) atoms. The van der Waals surface area contributed by atoms with Gasteiger partial charge in [0, 0.05) is 44.4 Å². The summed E-state index contributed by atoms with van der Waals surface area (Å²) >= 11 is 0. The summed E-state index contributed by atoms with van der Waals surface area (Å²) in [5.41, 5.74) is 1.07. The van der Waals surface area contributed by atoms with E-state index >= 15 is 0 Å². The molecule has 0 aromatic carbocycles. The number of piperidine rings is 1. The van der Waals surface area contributed by atoms with Gasteiger partial charge >= 0.3 is 0 Å². The summed E-state index contributed by atoms with van der Waals surface area (Å²) in [7, 11) is 0. The maximum Gasteiger partial charge on any atom is 0.222 e. The van der Waals surface area contributed by atoms with Crippen molar-refractivity contribution in [3.05, 3.63) is 18.1 Å². The number of nitrogens with zero attached hydrogens (tertiary/aromatic N) is 5. The summed E-state index contributed by atoms with van der Waals surface area (Å²) in [6, 6.07) is 2.07. The van der Waals surface area contributed by atoms with Gasteiger partial charge in [-0.25, -0.2) is 9.97 Å². The van der Waals surface area contributed by atoms with Crippen molar-refractivity contribution in [3.8, 4) is 0 Å². The SMILES string of the molecule is CCc1cc(N2CCN(C(=O)CCCN3CCCCC3)CC2)ncn1. The highest BCUT2D eigenvalue weighted by molar-refractivity contribution is 5.76. The van der Waals surface area contributed by atoms with Crippen molar-refractivity contribution in [3.63, 3.8) is 0 Å². The number of amides is 1. The molecule has 1 aromatic rings. The van der Waals surface area contributed by atoms with Crippen LogP contribution < -0.4 is 4.90 Å². The lowest BCUT2D eigenvalue weighted by Crippen LogP contribution is -2.49. The van der Waals surface area contributed by atoms with Gasteiger partial charge < -0.3 is 14.7 Å². The van der Waals surface area contributed by atoms with E-state index in [0.29, 0.717) is 12.3 Å². The second-order valence-corrected chi connectivity index (χ2v) is 7.09. The van der Waals surface area contributed by atoms with Crippen molar-refractivity contribution < 1.29 is 4.79 Å². The number of carbonyl (C=O) groups excluding carboxylic acids is 1. The Bertz CT molecular complexity index is 551. The summed E-state index contributed by atoms with van der Waals surface area (Å²) in [5.74, 6) is 1.30. The molecule has 2 aliphatic rings. The Labute approximate surface area is 151 Å². The number of likely N-dealkylation sites (tertiary alicyclic amines) is 1. The minimum Gasteiger partial charge on any atom is -0.353 e. The largest absolute Gasteiger partial charge is 0.353 e. The zero-order valence-corrected chi connectivity index (χ0v) is 15.5. The molecule has 0 N–H and O–H groups in total. The van der Waals surface area contributed by atoms with E-state index < -0.39 is 0 Å². The lowest BCUT2D eigenvalue weighted by Gasteiger charge is -2.35. The van der Waals surface area contributed by atoms with Gasteiger partial charge in [-0.05, 0) is 45.3 Å². The first-order valence-corrected chi connectivity index (χ1v) is 9.82. The number of piperazine rings is 1. The predicted octanol–water partition coefficient (Wildman–Crippen LogP) is 1.95. The predicted molar refractivity (Wildman–Crippen MR) is 99.7 cm³/mol. The number of aryl methyl sites for hydroxylation is 1. The van der Waals surface area contributed by atoms with Crippen LogP contribution in [0, 0.1) is 0 Å². The van der Waals surface area contributed by atoms with Gasteiger partial charge in [0.25, 0.3) is 0 Å². The maximum absolute atomic E-state index is 12.4. The van der Waals surface area contributed by atoms with Crippen molar-refractivity contribution >= 4 is 11.7 Å². The topological polar surface area (TPSA) is 52.6 Å². The van der Waals surface area contributed by atoms with E-state index in [4.69, 9.17) is 0 Å². The summed E-state index contributed by atoms with van der Waals surface area (Å²) in [4.78, 5) is 27.9. The van der Waals surface area contributed by atoms with E-state index in [9.17, 15) is 4.79 Å². The smallest absolute Gasteiger partial charge is 0.222 e.